The summed E-state index contributed by atoms with van der Waals surface area (Å²) in [6.45, 7) is 5.95. The summed E-state index contributed by atoms with van der Waals surface area (Å²) in [4.78, 5) is 28.9. The second-order valence-electron chi connectivity index (χ2n) is 11.2. The van der Waals surface area contributed by atoms with E-state index in [0.717, 1.165) is 29.7 Å². The van der Waals surface area contributed by atoms with Gasteiger partial charge in [0.1, 0.15) is 18.0 Å². The van der Waals surface area contributed by atoms with E-state index >= 15 is 0 Å². The fourth-order valence-electron chi connectivity index (χ4n) is 5.53. The topological polar surface area (TPSA) is 106 Å². The quantitative estimate of drug-likeness (QED) is 0.330. The zero-order chi connectivity index (χ0) is 29.2. The Labute approximate surface area is 229 Å². The van der Waals surface area contributed by atoms with Crippen LogP contribution < -0.4 is 14.8 Å². The number of carbonyl (C=O) groups is 2. The number of anilines is 2. The first kappa shape index (κ1) is 29.0. The number of fused-ring (bicyclic) bond motifs is 1. The number of carbonyl (C=O) groups excluding carboxylic acids is 1. The molecule has 0 bridgehead atoms. The van der Waals surface area contributed by atoms with E-state index < -0.39 is 24.8 Å². The Bertz CT molecular complexity index is 1370. The van der Waals surface area contributed by atoms with Crippen molar-refractivity contribution < 1.29 is 37.3 Å². The summed E-state index contributed by atoms with van der Waals surface area (Å²) in [6, 6.07) is 10.9. The van der Waals surface area contributed by atoms with Crippen molar-refractivity contribution in [2.24, 2.45) is 11.3 Å². The van der Waals surface area contributed by atoms with Gasteiger partial charge < -0.3 is 29.4 Å². The Morgan fingerprint density at radius 1 is 1.15 bits per heavy atom. The SMILES string of the molecule is C[C@H]1C[C@H](n2c(Nc3ccc(OC(F)(F)F)cc3)nc3cc(OCC(=O)N(C)CC(=O)O)ccc32)CC(C)(C)C1. The van der Waals surface area contributed by atoms with E-state index in [4.69, 9.17) is 14.8 Å². The first-order chi connectivity index (χ1) is 18.7. The van der Waals surface area contributed by atoms with Gasteiger partial charge in [-0.3, -0.25) is 9.59 Å². The van der Waals surface area contributed by atoms with Gasteiger partial charge in [-0.2, -0.15) is 0 Å². The minimum absolute atomic E-state index is 0.109. The van der Waals surface area contributed by atoms with Gasteiger partial charge in [-0.05, 0) is 67.0 Å². The Kier molecular flexibility index (Phi) is 8.18. The molecule has 9 nitrogen and oxygen atoms in total. The molecule has 1 aromatic heterocycles. The van der Waals surface area contributed by atoms with Crippen molar-refractivity contribution in [3.05, 3.63) is 42.5 Å². The number of benzene rings is 2. The molecule has 0 unspecified atom stereocenters. The molecule has 0 radical (unpaired) electrons. The van der Waals surface area contributed by atoms with Crippen LogP contribution in [-0.4, -0.2) is 58.0 Å². The minimum atomic E-state index is -4.77. The summed E-state index contributed by atoms with van der Waals surface area (Å²) in [5.41, 5.74) is 2.10. The van der Waals surface area contributed by atoms with Crippen LogP contribution in [0.15, 0.2) is 42.5 Å². The zero-order valence-electron chi connectivity index (χ0n) is 22.8. The molecule has 2 aromatic carbocycles. The number of amides is 1. The number of aromatic nitrogens is 2. The summed E-state index contributed by atoms with van der Waals surface area (Å²) >= 11 is 0. The fourth-order valence-corrected chi connectivity index (χ4v) is 5.53. The van der Waals surface area contributed by atoms with E-state index in [1.807, 2.05) is 6.07 Å². The lowest BCUT2D eigenvalue weighted by molar-refractivity contribution is -0.274. The summed E-state index contributed by atoms with van der Waals surface area (Å²) < 4.78 is 49.5. The number of carboxylic acid groups (broad SMARTS) is 1. The van der Waals surface area contributed by atoms with Gasteiger partial charge in [0.05, 0.1) is 11.0 Å². The molecular weight excluding hydrogens is 529 g/mol. The minimum Gasteiger partial charge on any atom is -0.484 e. The van der Waals surface area contributed by atoms with Crippen molar-refractivity contribution in [3.8, 4) is 11.5 Å². The first-order valence-electron chi connectivity index (χ1n) is 12.9. The van der Waals surface area contributed by atoms with Crippen molar-refractivity contribution in [3.63, 3.8) is 0 Å². The molecule has 12 heteroatoms. The highest BCUT2D eigenvalue weighted by molar-refractivity contribution is 5.83. The smallest absolute Gasteiger partial charge is 0.484 e. The maximum absolute atomic E-state index is 12.6. The molecule has 0 aliphatic heterocycles. The van der Waals surface area contributed by atoms with Crippen LogP contribution in [0.2, 0.25) is 0 Å². The van der Waals surface area contributed by atoms with Gasteiger partial charge in [-0.25, -0.2) is 4.98 Å². The number of nitrogens with zero attached hydrogens (tertiary/aromatic N) is 3. The largest absolute Gasteiger partial charge is 0.573 e. The summed E-state index contributed by atoms with van der Waals surface area (Å²) in [5.74, 6) is -0.512. The fraction of sp³-hybridized carbons (Fsp3) is 0.464. The highest BCUT2D eigenvalue weighted by Gasteiger charge is 2.35. The highest BCUT2D eigenvalue weighted by atomic mass is 19.4. The third-order valence-electron chi connectivity index (χ3n) is 6.89. The Balaban J connectivity index is 1.63. The number of carboxylic acids is 1. The molecule has 216 valence electrons. The zero-order valence-corrected chi connectivity index (χ0v) is 22.8. The van der Waals surface area contributed by atoms with Crippen molar-refractivity contribution >= 4 is 34.5 Å². The van der Waals surface area contributed by atoms with Gasteiger partial charge in [-0.15, -0.1) is 13.2 Å². The van der Waals surface area contributed by atoms with E-state index in [1.165, 1.54) is 31.3 Å². The lowest BCUT2D eigenvalue weighted by atomic mass is 9.70. The van der Waals surface area contributed by atoms with E-state index in [-0.39, 0.29) is 23.8 Å². The van der Waals surface area contributed by atoms with Gasteiger partial charge in [0.15, 0.2) is 6.61 Å². The van der Waals surface area contributed by atoms with Crippen molar-refractivity contribution in [1.82, 2.24) is 14.5 Å². The van der Waals surface area contributed by atoms with Crippen LogP contribution in [0.4, 0.5) is 24.8 Å². The van der Waals surface area contributed by atoms with Crippen molar-refractivity contribution in [1.29, 1.82) is 0 Å². The molecule has 1 saturated carbocycles. The maximum atomic E-state index is 12.6. The van der Waals surface area contributed by atoms with Crippen molar-refractivity contribution in [2.75, 3.05) is 25.5 Å². The first-order valence-corrected chi connectivity index (χ1v) is 12.9. The molecule has 40 heavy (non-hydrogen) atoms. The van der Waals surface area contributed by atoms with Crippen LogP contribution in [-0.2, 0) is 9.59 Å². The molecular formula is C28H33F3N4O5. The molecule has 2 atom stereocenters. The summed E-state index contributed by atoms with van der Waals surface area (Å²) in [5, 5.41) is 12.1. The molecule has 1 amide bonds. The number of imidazole rings is 1. The second kappa shape index (κ2) is 11.3. The van der Waals surface area contributed by atoms with Gasteiger partial charge in [0, 0.05) is 24.8 Å². The van der Waals surface area contributed by atoms with E-state index in [1.54, 1.807) is 12.1 Å². The number of alkyl halides is 3. The van der Waals surface area contributed by atoms with E-state index in [9.17, 15) is 22.8 Å². The number of nitrogens with one attached hydrogen (secondary N) is 1. The van der Waals surface area contributed by atoms with Crippen LogP contribution in [0.3, 0.4) is 0 Å². The predicted octanol–water partition coefficient (Wildman–Crippen LogP) is 5.99. The van der Waals surface area contributed by atoms with Gasteiger partial charge in [0.2, 0.25) is 5.95 Å². The highest BCUT2D eigenvalue weighted by Crippen LogP contribution is 2.46. The maximum Gasteiger partial charge on any atom is 0.573 e. The standard InChI is InChI=1S/C28H33F3N4O5/c1-17-11-19(14-27(2,3)13-17)35-23-10-9-21(39-16-24(36)34(4)15-25(37)38)12-22(23)33-26(35)32-18-5-7-20(8-6-18)40-28(29,30)31/h5-10,12,17,19H,11,13-16H2,1-4H3,(H,32,33)(H,37,38)/t17-,19-/m0/s1. The predicted molar refractivity (Wildman–Crippen MR) is 143 cm³/mol. The van der Waals surface area contributed by atoms with E-state index in [0.29, 0.717) is 28.8 Å². The summed E-state index contributed by atoms with van der Waals surface area (Å²) in [6.07, 6.45) is -1.82. The number of ether oxygens (including phenoxy) is 2. The molecule has 1 aliphatic rings. The third-order valence-corrected chi connectivity index (χ3v) is 6.89. The van der Waals surface area contributed by atoms with Crippen LogP contribution in [0.25, 0.3) is 11.0 Å². The molecule has 0 spiro atoms. The number of aliphatic carboxylic acids is 1. The number of likely N-dealkylation sites (N-methyl/N-ethyl adjacent to an activating group) is 1. The van der Waals surface area contributed by atoms with Crippen LogP contribution in [0, 0.1) is 11.3 Å². The number of hydrogen-bond donors (Lipinski definition) is 2. The van der Waals surface area contributed by atoms with Gasteiger partial charge in [-0.1, -0.05) is 20.8 Å². The van der Waals surface area contributed by atoms with E-state index in [2.05, 4.69) is 35.4 Å². The molecule has 3 aromatic rings. The monoisotopic (exact) mass is 562 g/mol. The van der Waals surface area contributed by atoms with Crippen LogP contribution in [0.1, 0.15) is 46.1 Å². The number of hydrogen-bond acceptors (Lipinski definition) is 6. The molecule has 1 fully saturated rings. The summed E-state index contributed by atoms with van der Waals surface area (Å²) in [7, 11) is 1.39. The average Bonchev–Trinajstić information content (AvgIpc) is 3.18. The normalized spacial score (nSPS) is 18.8. The number of halogens is 3. The lowest BCUT2D eigenvalue weighted by Gasteiger charge is -2.40. The Morgan fingerprint density at radius 3 is 2.45 bits per heavy atom. The van der Waals surface area contributed by atoms with Crippen LogP contribution in [0.5, 0.6) is 11.5 Å². The number of rotatable bonds is 9. The second-order valence-corrected chi connectivity index (χ2v) is 11.2. The Hall–Kier alpha value is -3.96. The molecule has 4 rings (SSSR count). The Morgan fingerprint density at radius 2 is 1.82 bits per heavy atom. The third kappa shape index (κ3) is 7.36. The van der Waals surface area contributed by atoms with Gasteiger partial charge in [0.25, 0.3) is 5.91 Å². The van der Waals surface area contributed by atoms with Crippen molar-refractivity contribution in [2.45, 2.75) is 52.4 Å². The molecule has 2 N–H and O–H groups in total. The van der Waals surface area contributed by atoms with Crippen LogP contribution >= 0.6 is 0 Å². The molecule has 1 aliphatic carbocycles. The van der Waals surface area contributed by atoms with Gasteiger partial charge >= 0.3 is 12.3 Å². The average molecular weight is 563 g/mol. The molecule has 1 heterocycles. The lowest BCUT2D eigenvalue weighted by Crippen LogP contribution is -2.35. The molecule has 0 saturated heterocycles.